The maximum atomic E-state index is 12.8. The first kappa shape index (κ1) is 37.2. The Morgan fingerprint density at radius 2 is 1.07 bits per heavy atom. The van der Waals surface area contributed by atoms with Gasteiger partial charge >= 0.3 is 0 Å². The minimum atomic E-state index is -1.22. The van der Waals surface area contributed by atoms with Gasteiger partial charge < -0.3 is 35.1 Å². The zero-order valence-electron chi connectivity index (χ0n) is 30.2. The van der Waals surface area contributed by atoms with Gasteiger partial charge in [-0.2, -0.15) is 0 Å². The fourth-order valence-electron chi connectivity index (χ4n) is 7.08. The first-order valence-electron chi connectivity index (χ1n) is 18.5. The average molecular weight is 742 g/mol. The van der Waals surface area contributed by atoms with Crippen molar-refractivity contribution in [2.45, 2.75) is 50.0 Å². The number of aliphatic hydroxyl groups is 2. The molecule has 2 aliphatic heterocycles. The van der Waals surface area contributed by atoms with E-state index in [1.165, 1.54) is 0 Å². The number of carbonyl (C=O) groups excluding carboxylic acids is 4. The van der Waals surface area contributed by atoms with E-state index >= 15 is 0 Å². The highest BCUT2D eigenvalue weighted by atomic mass is 16.4. The third-order valence-corrected chi connectivity index (χ3v) is 10.1. The minimum Gasteiger partial charge on any atom is -0.436 e. The fraction of sp³-hybridized carbons (Fsp3) is 0.279. The number of aromatic nitrogens is 1. The van der Waals surface area contributed by atoms with E-state index in [2.05, 4.69) is 15.6 Å². The summed E-state index contributed by atoms with van der Waals surface area (Å²) >= 11 is 0. The van der Waals surface area contributed by atoms with Crippen molar-refractivity contribution in [1.29, 1.82) is 0 Å². The molecule has 12 heteroatoms. The maximum Gasteiger partial charge on any atom is 0.256 e. The minimum absolute atomic E-state index is 0.143. The van der Waals surface area contributed by atoms with Crippen LogP contribution in [-0.4, -0.2) is 86.9 Å². The van der Waals surface area contributed by atoms with Crippen LogP contribution in [-0.2, 0) is 32.0 Å². The second kappa shape index (κ2) is 16.9. The lowest BCUT2D eigenvalue weighted by atomic mass is 10.1. The van der Waals surface area contributed by atoms with Crippen LogP contribution in [0.1, 0.15) is 47.3 Å². The van der Waals surface area contributed by atoms with Gasteiger partial charge in [0.25, 0.3) is 11.8 Å². The zero-order valence-corrected chi connectivity index (χ0v) is 30.2. The van der Waals surface area contributed by atoms with Crippen molar-refractivity contribution in [3.05, 3.63) is 138 Å². The lowest BCUT2D eigenvalue weighted by Gasteiger charge is -2.20. The molecule has 12 nitrogen and oxygen atoms in total. The number of oxazole rings is 1. The largest absolute Gasteiger partial charge is 0.436 e. The third-order valence-electron chi connectivity index (χ3n) is 10.1. The van der Waals surface area contributed by atoms with Crippen molar-refractivity contribution in [3.63, 3.8) is 0 Å². The monoisotopic (exact) mass is 741 g/mol. The lowest BCUT2D eigenvalue weighted by molar-refractivity contribution is -0.140. The highest BCUT2D eigenvalue weighted by Gasteiger charge is 2.32. The molecule has 2 fully saturated rings. The number of nitrogens with one attached hydrogen (secondary N) is 2. The van der Waals surface area contributed by atoms with Crippen LogP contribution in [0.2, 0.25) is 0 Å². The summed E-state index contributed by atoms with van der Waals surface area (Å²) in [6.45, 7) is 1.64. The van der Waals surface area contributed by atoms with Gasteiger partial charge in [0.15, 0.2) is 18.0 Å². The molecule has 0 radical (unpaired) electrons. The molecule has 0 bridgehead atoms. The molecule has 0 spiro atoms. The number of amides is 4. The molecule has 1 aromatic heterocycles. The maximum absolute atomic E-state index is 12.8. The van der Waals surface area contributed by atoms with Gasteiger partial charge in [-0.25, -0.2) is 4.98 Å². The number of likely N-dealkylation sites (tertiary alicyclic amines) is 2. The Labute approximate surface area is 318 Å². The van der Waals surface area contributed by atoms with E-state index in [0.29, 0.717) is 61.8 Å². The van der Waals surface area contributed by atoms with Crippen molar-refractivity contribution in [3.8, 4) is 22.8 Å². The molecule has 0 unspecified atom stereocenters. The van der Waals surface area contributed by atoms with Crippen molar-refractivity contribution >= 4 is 23.6 Å². The lowest BCUT2D eigenvalue weighted by Crippen LogP contribution is -2.40. The van der Waals surface area contributed by atoms with Crippen molar-refractivity contribution in [2.24, 2.45) is 0 Å². The van der Waals surface area contributed by atoms with Gasteiger partial charge in [-0.05, 0) is 47.2 Å². The summed E-state index contributed by atoms with van der Waals surface area (Å²) in [5, 5.41) is 27.0. The van der Waals surface area contributed by atoms with E-state index in [1.807, 2.05) is 60.7 Å². The van der Waals surface area contributed by atoms with Gasteiger partial charge in [0.2, 0.25) is 17.7 Å². The molecule has 282 valence electrons. The van der Waals surface area contributed by atoms with Crippen LogP contribution in [0.25, 0.3) is 22.8 Å². The van der Waals surface area contributed by atoms with Gasteiger partial charge in [0.05, 0.1) is 19.0 Å². The average Bonchev–Trinajstić information content (AvgIpc) is 4.00. The second-order valence-electron chi connectivity index (χ2n) is 14.1. The van der Waals surface area contributed by atoms with Crippen molar-refractivity contribution in [2.75, 3.05) is 26.2 Å². The second-order valence-corrected chi connectivity index (χ2v) is 14.1. The smallest absolute Gasteiger partial charge is 0.256 e. The molecular weight excluding hydrogens is 699 g/mol. The highest BCUT2D eigenvalue weighted by Crippen LogP contribution is 2.27. The number of hydrogen-bond donors (Lipinski definition) is 4. The summed E-state index contributed by atoms with van der Waals surface area (Å²) in [6.07, 6.45) is 0.802. The van der Waals surface area contributed by atoms with Crippen LogP contribution < -0.4 is 10.6 Å². The van der Waals surface area contributed by atoms with Crippen LogP contribution in [0.15, 0.2) is 120 Å². The molecule has 4 atom stereocenters. The van der Waals surface area contributed by atoms with Gasteiger partial charge in [-0.1, -0.05) is 97.1 Å². The van der Waals surface area contributed by atoms with Gasteiger partial charge in [0, 0.05) is 49.4 Å². The van der Waals surface area contributed by atoms with E-state index in [9.17, 15) is 29.4 Å². The van der Waals surface area contributed by atoms with Crippen LogP contribution in [0.5, 0.6) is 0 Å². The van der Waals surface area contributed by atoms with Gasteiger partial charge in [-0.3, -0.25) is 19.2 Å². The van der Waals surface area contributed by atoms with Gasteiger partial charge in [0.1, 0.15) is 0 Å². The third kappa shape index (κ3) is 9.17. The predicted molar refractivity (Wildman–Crippen MR) is 204 cm³/mol. The Bertz CT molecular complexity index is 1960. The highest BCUT2D eigenvalue weighted by molar-refractivity contribution is 5.84. The molecule has 0 saturated carbocycles. The summed E-state index contributed by atoms with van der Waals surface area (Å²) < 4.78 is 6.05. The van der Waals surface area contributed by atoms with E-state index in [1.54, 1.807) is 64.5 Å². The first-order valence-corrected chi connectivity index (χ1v) is 18.5. The standard InChI is InChI=1S/C43H43N5O7/c49-37(45-34-19-21-47(26-34)42(53)39(51)31-7-3-1-4-8-31)23-28-11-15-30(16-12-28)36-25-44-41(55-36)33-17-13-29(14-18-33)24-38(50)46-35-20-22-48(27-35)43(54)40(52)32-9-5-2-6-10-32/h1-18,25,34-35,39-40,51-52H,19-24,26-27H2,(H,45,49)(H,46,50)/t34-,35-,39-,40-/m1/s1. The molecule has 4 N–H and O–H groups in total. The molecular formula is C43H43N5O7. The molecule has 3 heterocycles. The molecule has 4 aromatic carbocycles. The number of carbonyl (C=O) groups is 4. The van der Waals surface area contributed by atoms with E-state index in [0.717, 1.165) is 22.3 Å². The molecule has 5 aromatic rings. The molecule has 2 aliphatic rings. The van der Waals surface area contributed by atoms with Crippen LogP contribution in [0.4, 0.5) is 0 Å². The Kier molecular flexibility index (Phi) is 11.4. The number of rotatable bonds is 12. The molecule has 4 amide bonds. The molecule has 2 saturated heterocycles. The molecule has 7 rings (SSSR count). The number of nitrogens with zero attached hydrogens (tertiary/aromatic N) is 3. The Morgan fingerprint density at radius 1 is 0.636 bits per heavy atom. The van der Waals surface area contributed by atoms with E-state index < -0.39 is 12.2 Å². The summed E-state index contributed by atoms with van der Waals surface area (Å²) in [5.41, 5.74) is 4.30. The van der Waals surface area contributed by atoms with E-state index in [4.69, 9.17) is 4.42 Å². The van der Waals surface area contributed by atoms with E-state index in [-0.39, 0.29) is 48.6 Å². The number of aliphatic hydroxyl groups excluding tert-OH is 2. The Morgan fingerprint density at radius 3 is 1.53 bits per heavy atom. The topological polar surface area (TPSA) is 165 Å². The first-order chi connectivity index (χ1) is 26.7. The van der Waals surface area contributed by atoms with Gasteiger partial charge in [-0.15, -0.1) is 0 Å². The SMILES string of the molecule is O=C(Cc1ccc(-c2cnc(-c3ccc(CC(=O)N[C@@H]4CCN(C(=O)[C@H](O)c5ccccc5)C4)cc3)o2)cc1)N[C@@H]1CCN(C(=O)[C@H](O)c2ccccc2)C1. The quantitative estimate of drug-likeness (QED) is 0.149. The normalized spacial score (nSPS) is 17.8. The summed E-state index contributed by atoms with van der Waals surface area (Å²) in [7, 11) is 0. The molecule has 0 aliphatic carbocycles. The van der Waals surface area contributed by atoms with Crippen LogP contribution in [0.3, 0.4) is 0 Å². The molecule has 55 heavy (non-hydrogen) atoms. The predicted octanol–water partition coefficient (Wildman–Crippen LogP) is 4.00. The Balaban J connectivity index is 0.852. The van der Waals surface area contributed by atoms with Crippen molar-refractivity contribution < 1.29 is 33.8 Å². The summed E-state index contributed by atoms with van der Waals surface area (Å²) in [4.78, 5) is 58.9. The van der Waals surface area contributed by atoms with Crippen LogP contribution in [0, 0.1) is 0 Å². The summed E-state index contributed by atoms with van der Waals surface area (Å²) in [5.74, 6) is -0.0113. The van der Waals surface area contributed by atoms with Crippen molar-refractivity contribution in [1.82, 2.24) is 25.4 Å². The van der Waals surface area contributed by atoms with Crippen LogP contribution >= 0.6 is 0 Å². The Hall–Kier alpha value is -6.11. The zero-order chi connectivity index (χ0) is 38.3. The number of benzene rings is 4. The summed E-state index contributed by atoms with van der Waals surface area (Å²) in [6, 6.07) is 32.2. The number of hydrogen-bond acceptors (Lipinski definition) is 8. The fourth-order valence-corrected chi connectivity index (χ4v) is 7.08.